The van der Waals surface area contributed by atoms with E-state index < -0.39 is 0 Å². The molecule has 0 spiro atoms. The number of likely N-dealkylation sites (tertiary alicyclic amines) is 2. The Balaban J connectivity index is 0.00000105. The number of rotatable bonds is 9. The summed E-state index contributed by atoms with van der Waals surface area (Å²) in [6, 6.07) is 13.4. The lowest BCUT2D eigenvalue weighted by atomic mass is 10.0. The van der Waals surface area contributed by atoms with Crippen molar-refractivity contribution < 1.29 is 9.47 Å². The fraction of sp³-hybridized carbons (Fsp3) is 0.654. The maximum Gasteiger partial charge on any atom is 0.233 e. The zero-order valence-corrected chi connectivity index (χ0v) is 46.7. The maximum absolute atomic E-state index is 5.73. The Morgan fingerprint density at radius 1 is 0.603 bits per heavy atom. The van der Waals surface area contributed by atoms with Crippen LogP contribution in [0.25, 0.3) is 0 Å². The van der Waals surface area contributed by atoms with Gasteiger partial charge in [-0.05, 0) is 202 Å². The number of hydrogen-bond donors (Lipinski definition) is 5. The van der Waals surface area contributed by atoms with Gasteiger partial charge in [-0.1, -0.05) is 81.1 Å². The Kier molecular flexibility index (Phi) is 36.9. The quantitative estimate of drug-likeness (QED) is 0.0784. The molecule has 2 aromatic heterocycles. The van der Waals surface area contributed by atoms with E-state index in [1.807, 2.05) is 24.3 Å². The first kappa shape index (κ1) is 69.9. The number of methoxy groups -OCH3 is 2. The van der Waals surface area contributed by atoms with Gasteiger partial charge in [-0.2, -0.15) is 29.9 Å². The SMILES string of the molecule is C.C.C.C.CNC1CCN(C)CC1.COc1ccc(N)cc1Br.COc1ccc(Nc2nc(NC3CCCCCC3)nc(N(C)C3CCN(C)CC3)n2)cc1Br.Clc1nc(Cl)nc(Cl)n1.NC1CCCCCC1. The third kappa shape index (κ3) is 27.0. The van der Waals surface area contributed by atoms with Crippen molar-refractivity contribution in [3.63, 3.8) is 0 Å². The fourth-order valence-electron chi connectivity index (χ4n) is 8.26. The molecule has 0 atom stereocenters. The second-order valence-electron chi connectivity index (χ2n) is 17.9. The molecule has 4 aliphatic rings. The van der Waals surface area contributed by atoms with E-state index >= 15 is 0 Å². The van der Waals surface area contributed by atoms with E-state index in [-0.39, 0.29) is 45.6 Å². The van der Waals surface area contributed by atoms with Crippen LogP contribution >= 0.6 is 66.7 Å². The van der Waals surface area contributed by atoms with Gasteiger partial charge in [-0.15, -0.1) is 0 Å². The van der Waals surface area contributed by atoms with E-state index in [1.165, 1.54) is 103 Å². The summed E-state index contributed by atoms with van der Waals surface area (Å²) >= 11 is 22.8. The van der Waals surface area contributed by atoms with E-state index in [1.54, 1.807) is 26.4 Å². The molecule has 4 heterocycles. The highest BCUT2D eigenvalue weighted by Gasteiger charge is 2.24. The monoisotopic (exact) mass is 1210 g/mol. The van der Waals surface area contributed by atoms with Gasteiger partial charge in [0.25, 0.3) is 0 Å². The lowest BCUT2D eigenvalue weighted by molar-refractivity contribution is 0.240. The summed E-state index contributed by atoms with van der Waals surface area (Å²) in [5.41, 5.74) is 12.9. The molecule has 2 saturated heterocycles. The van der Waals surface area contributed by atoms with Gasteiger partial charge in [0.15, 0.2) is 0 Å². The summed E-state index contributed by atoms with van der Waals surface area (Å²) in [4.78, 5) is 31.8. The first-order valence-corrected chi connectivity index (χ1v) is 26.9. The van der Waals surface area contributed by atoms with Gasteiger partial charge >= 0.3 is 0 Å². The van der Waals surface area contributed by atoms with Gasteiger partial charge in [0.1, 0.15) is 11.5 Å². The van der Waals surface area contributed by atoms with Crippen LogP contribution in [0.15, 0.2) is 45.3 Å². The molecule has 416 valence electrons. The lowest BCUT2D eigenvalue weighted by Crippen LogP contribution is -2.42. The molecule has 8 rings (SSSR count). The van der Waals surface area contributed by atoms with Crippen LogP contribution in [0, 0.1) is 0 Å². The predicted molar refractivity (Wildman–Crippen MR) is 320 cm³/mol. The lowest BCUT2D eigenvalue weighted by Gasteiger charge is -2.35. The zero-order valence-electron chi connectivity index (χ0n) is 41.3. The van der Waals surface area contributed by atoms with Crippen molar-refractivity contribution in [3.8, 4) is 11.5 Å². The van der Waals surface area contributed by atoms with Crippen molar-refractivity contribution in [2.75, 3.05) is 89.9 Å². The summed E-state index contributed by atoms with van der Waals surface area (Å²) < 4.78 is 12.1. The molecule has 7 N–H and O–H groups in total. The standard InChI is InChI=1S/C24H36BrN7O.C7H8BrNO.C7H16N2.C7H15N.C3Cl3N3.4CH4/c1-31-14-12-19(13-15-31)32(2)24-29-22(26-17-8-6-4-5-7-9-17)28-23(30-24)27-18-10-11-21(33-3)20(25)16-18;1-10-7-3-2-5(9)4-6(7)8;1-8-7-3-5-9(2)6-4-7;8-7-5-3-1-2-4-6-7;4-1-7-2(5)9-3(6)8-1;;;;/h10-11,16-17,19H,4-9,12-15H2,1-3H3,(H2,26,27,28,29,30);2-4H,9H2,1H3;7-8H,3-6H2,1-2H3;7H,1-6,8H2;;4*1H4. The Hall–Kier alpha value is -3.07. The highest BCUT2D eigenvalue weighted by Crippen LogP contribution is 2.30. The van der Waals surface area contributed by atoms with Gasteiger partial charge in [0.05, 0.1) is 23.2 Å². The molecule has 0 radical (unpaired) electrons. The molecule has 16 nitrogen and oxygen atoms in total. The smallest absolute Gasteiger partial charge is 0.233 e. The van der Waals surface area contributed by atoms with E-state index in [0.717, 1.165) is 63.8 Å². The average Bonchev–Trinajstić information content (AvgIpc) is 3.74. The number of piperidine rings is 2. The minimum absolute atomic E-state index is 0. The number of benzene rings is 2. The number of halogens is 5. The van der Waals surface area contributed by atoms with E-state index in [2.05, 4.69) is 106 Å². The molecular formula is C52H91Br2Cl3N14O2. The van der Waals surface area contributed by atoms with Crippen molar-refractivity contribution in [1.82, 2.24) is 45.0 Å². The summed E-state index contributed by atoms with van der Waals surface area (Å²) in [6.07, 6.45) is 20.4. The third-order valence-corrected chi connectivity index (χ3v) is 14.3. The van der Waals surface area contributed by atoms with Crippen molar-refractivity contribution >= 4 is 95.9 Å². The minimum atomic E-state index is 0. The number of nitrogens with two attached hydrogens (primary N) is 2. The van der Waals surface area contributed by atoms with Gasteiger partial charge in [-0.3, -0.25) is 0 Å². The first-order chi connectivity index (χ1) is 33.1. The van der Waals surface area contributed by atoms with Gasteiger partial charge in [-0.25, -0.2) is 0 Å². The molecule has 4 fully saturated rings. The normalized spacial score (nSPS) is 16.7. The highest BCUT2D eigenvalue weighted by atomic mass is 79.9. The largest absolute Gasteiger partial charge is 0.496 e. The molecule has 2 aliphatic heterocycles. The maximum atomic E-state index is 5.73. The predicted octanol–water partition coefficient (Wildman–Crippen LogP) is 13.4. The summed E-state index contributed by atoms with van der Waals surface area (Å²) in [6.45, 7) is 4.70. The zero-order chi connectivity index (χ0) is 50.1. The highest BCUT2D eigenvalue weighted by molar-refractivity contribution is 9.11. The van der Waals surface area contributed by atoms with Crippen LogP contribution in [-0.2, 0) is 0 Å². The molecule has 0 unspecified atom stereocenters. The van der Waals surface area contributed by atoms with Crippen molar-refractivity contribution in [2.24, 2.45) is 5.73 Å². The molecule has 73 heavy (non-hydrogen) atoms. The van der Waals surface area contributed by atoms with Crippen LogP contribution in [0.4, 0.5) is 29.2 Å². The van der Waals surface area contributed by atoms with E-state index in [0.29, 0.717) is 36.0 Å². The van der Waals surface area contributed by atoms with Crippen LogP contribution in [-0.4, -0.2) is 132 Å². The number of aromatic nitrogens is 6. The number of ether oxygens (including phenoxy) is 2. The van der Waals surface area contributed by atoms with Crippen LogP contribution in [0.5, 0.6) is 11.5 Å². The summed E-state index contributed by atoms with van der Waals surface area (Å²) in [7, 11) is 11.8. The molecule has 2 aliphatic carbocycles. The third-order valence-electron chi connectivity index (χ3n) is 12.5. The molecule has 2 aromatic carbocycles. The van der Waals surface area contributed by atoms with Crippen molar-refractivity contribution in [3.05, 3.63) is 61.2 Å². The Bertz CT molecular complexity index is 2020. The van der Waals surface area contributed by atoms with E-state index in [4.69, 9.17) is 70.7 Å². The average molecular weight is 1210 g/mol. The van der Waals surface area contributed by atoms with Crippen molar-refractivity contribution in [2.45, 2.75) is 157 Å². The van der Waals surface area contributed by atoms with Crippen LogP contribution < -0.4 is 41.8 Å². The molecule has 0 amide bonds. The van der Waals surface area contributed by atoms with Gasteiger partial charge < -0.3 is 51.6 Å². The van der Waals surface area contributed by atoms with Crippen molar-refractivity contribution in [1.29, 1.82) is 0 Å². The Morgan fingerprint density at radius 2 is 1.05 bits per heavy atom. The molecule has 4 aromatic rings. The first-order valence-electron chi connectivity index (χ1n) is 24.1. The summed E-state index contributed by atoms with van der Waals surface area (Å²) in [5.74, 6) is 3.50. The van der Waals surface area contributed by atoms with Gasteiger partial charge in [0.2, 0.25) is 33.7 Å². The second-order valence-corrected chi connectivity index (χ2v) is 20.6. The fourth-order valence-corrected chi connectivity index (χ4v) is 9.97. The minimum Gasteiger partial charge on any atom is -0.496 e. The number of nitrogens with zero attached hydrogens (tertiary/aromatic N) is 9. The second kappa shape index (κ2) is 38.5. The molecule has 0 bridgehead atoms. The number of nitrogen functional groups attached to an aromatic ring is 1. The Labute approximate surface area is 472 Å². The van der Waals surface area contributed by atoms with E-state index in [9.17, 15) is 0 Å². The van der Waals surface area contributed by atoms with Crippen LogP contribution in [0.3, 0.4) is 0 Å². The number of nitrogens with one attached hydrogen (secondary N) is 3. The summed E-state index contributed by atoms with van der Waals surface area (Å²) in [5, 5.41) is 10.3. The molecular weight excluding hydrogens is 1120 g/mol. The number of hydrogen-bond acceptors (Lipinski definition) is 16. The molecule has 2 saturated carbocycles. The topological polar surface area (TPSA) is 194 Å². The van der Waals surface area contributed by atoms with Gasteiger partial charge in [0, 0.05) is 42.6 Å². The van der Waals surface area contributed by atoms with Crippen LogP contribution in [0.2, 0.25) is 15.9 Å². The molecule has 21 heteroatoms. The van der Waals surface area contributed by atoms with Crippen LogP contribution in [0.1, 0.15) is 132 Å². The number of anilines is 5. The Morgan fingerprint density at radius 3 is 1.52 bits per heavy atom.